The number of hydrogen-bond acceptors (Lipinski definition) is 3. The molecule has 5 N–H and O–H groups in total. The number of nitrogens with two attached hydrogens (primary N) is 2. The van der Waals surface area contributed by atoms with Crippen molar-refractivity contribution in [2.45, 2.75) is 51.6 Å². The molecule has 0 aliphatic carbocycles. The van der Waals surface area contributed by atoms with Crippen molar-refractivity contribution in [1.82, 2.24) is 5.32 Å². The van der Waals surface area contributed by atoms with Crippen LogP contribution >= 0.6 is 0 Å². The lowest BCUT2D eigenvalue weighted by molar-refractivity contribution is -0.125. The van der Waals surface area contributed by atoms with E-state index in [2.05, 4.69) is 5.32 Å². The topological polar surface area (TPSA) is 98.2 Å². The molecule has 5 heteroatoms. The summed E-state index contributed by atoms with van der Waals surface area (Å²) >= 11 is 0. The van der Waals surface area contributed by atoms with Gasteiger partial charge in [-0.1, -0.05) is 13.3 Å². The molecule has 0 spiro atoms. The van der Waals surface area contributed by atoms with Crippen molar-refractivity contribution < 1.29 is 9.59 Å². The van der Waals surface area contributed by atoms with E-state index < -0.39 is 17.5 Å². The summed E-state index contributed by atoms with van der Waals surface area (Å²) in [5, 5.41) is 2.71. The van der Waals surface area contributed by atoms with E-state index in [1.54, 1.807) is 13.8 Å². The first-order valence-corrected chi connectivity index (χ1v) is 5.14. The molecule has 15 heavy (non-hydrogen) atoms. The van der Waals surface area contributed by atoms with Crippen LogP contribution in [0.1, 0.15) is 40.0 Å². The highest BCUT2D eigenvalue weighted by Gasteiger charge is 2.25. The molecule has 0 fully saturated rings. The molecule has 2 amide bonds. The maximum absolute atomic E-state index is 11.5. The van der Waals surface area contributed by atoms with Crippen LogP contribution in [-0.2, 0) is 9.59 Å². The van der Waals surface area contributed by atoms with Gasteiger partial charge in [-0.05, 0) is 20.3 Å². The van der Waals surface area contributed by atoms with Gasteiger partial charge in [-0.3, -0.25) is 9.59 Å². The molecule has 5 nitrogen and oxygen atoms in total. The number of carbonyl (C=O) groups excluding carboxylic acids is 2. The molecule has 0 rings (SSSR count). The van der Waals surface area contributed by atoms with E-state index in [-0.39, 0.29) is 12.3 Å². The Labute approximate surface area is 90.6 Å². The zero-order valence-electron chi connectivity index (χ0n) is 9.67. The Morgan fingerprint density at radius 3 is 2.33 bits per heavy atom. The van der Waals surface area contributed by atoms with Gasteiger partial charge in [-0.15, -0.1) is 0 Å². The van der Waals surface area contributed by atoms with Gasteiger partial charge in [0.15, 0.2) is 0 Å². The molecule has 0 heterocycles. The lowest BCUT2D eigenvalue weighted by Gasteiger charge is -2.26. The maximum Gasteiger partial charge on any atom is 0.237 e. The molecule has 0 saturated carbocycles. The zero-order chi connectivity index (χ0) is 12.1. The summed E-state index contributed by atoms with van der Waals surface area (Å²) < 4.78 is 0. The fourth-order valence-corrected chi connectivity index (χ4v) is 1.35. The first kappa shape index (κ1) is 13.9. The third-order valence-electron chi connectivity index (χ3n) is 2.01. The first-order chi connectivity index (χ1) is 6.78. The SMILES string of the molecule is CCCC(N)C(=O)NC(C)(C)CC(N)=O. The van der Waals surface area contributed by atoms with E-state index in [1.807, 2.05) is 6.92 Å². The molecule has 1 atom stereocenters. The van der Waals surface area contributed by atoms with Crippen molar-refractivity contribution in [3.05, 3.63) is 0 Å². The van der Waals surface area contributed by atoms with Crippen LogP contribution in [-0.4, -0.2) is 23.4 Å². The van der Waals surface area contributed by atoms with Crippen molar-refractivity contribution in [2.75, 3.05) is 0 Å². The third-order valence-corrected chi connectivity index (χ3v) is 2.01. The lowest BCUT2D eigenvalue weighted by atomic mass is 9.99. The third kappa shape index (κ3) is 6.06. The maximum atomic E-state index is 11.5. The number of amides is 2. The second-order valence-corrected chi connectivity index (χ2v) is 4.41. The van der Waals surface area contributed by atoms with Gasteiger partial charge in [0.25, 0.3) is 0 Å². The Bertz CT molecular complexity index is 239. The molecule has 0 radical (unpaired) electrons. The molecular formula is C10H21N3O2. The average molecular weight is 215 g/mol. The van der Waals surface area contributed by atoms with Gasteiger partial charge < -0.3 is 16.8 Å². The van der Waals surface area contributed by atoms with E-state index in [0.717, 1.165) is 6.42 Å². The van der Waals surface area contributed by atoms with E-state index in [9.17, 15) is 9.59 Å². The highest BCUT2D eigenvalue weighted by atomic mass is 16.2. The van der Waals surface area contributed by atoms with Crippen LogP contribution in [0.3, 0.4) is 0 Å². The molecular weight excluding hydrogens is 194 g/mol. The summed E-state index contributed by atoms with van der Waals surface area (Å²) in [6, 6.07) is -0.512. The molecule has 0 aliphatic rings. The normalized spacial score (nSPS) is 13.3. The Balaban J connectivity index is 4.20. The van der Waals surface area contributed by atoms with Crippen molar-refractivity contribution in [1.29, 1.82) is 0 Å². The Morgan fingerprint density at radius 2 is 1.93 bits per heavy atom. The second kappa shape index (κ2) is 5.70. The van der Waals surface area contributed by atoms with Gasteiger partial charge in [-0.2, -0.15) is 0 Å². The number of primary amides is 1. The Hall–Kier alpha value is -1.10. The van der Waals surface area contributed by atoms with Crippen molar-refractivity contribution >= 4 is 11.8 Å². The van der Waals surface area contributed by atoms with Crippen LogP contribution in [0, 0.1) is 0 Å². The molecule has 0 saturated heterocycles. The van der Waals surface area contributed by atoms with E-state index in [1.165, 1.54) is 0 Å². The van der Waals surface area contributed by atoms with Gasteiger partial charge >= 0.3 is 0 Å². The average Bonchev–Trinajstić information content (AvgIpc) is 2.00. The summed E-state index contributed by atoms with van der Waals surface area (Å²) in [5.41, 5.74) is 10.1. The number of carbonyl (C=O) groups is 2. The molecule has 0 aromatic heterocycles. The molecule has 88 valence electrons. The Morgan fingerprint density at radius 1 is 1.40 bits per heavy atom. The summed E-state index contributed by atoms with van der Waals surface area (Å²) in [4.78, 5) is 22.3. The second-order valence-electron chi connectivity index (χ2n) is 4.41. The smallest absolute Gasteiger partial charge is 0.237 e. The molecule has 1 unspecified atom stereocenters. The van der Waals surface area contributed by atoms with E-state index in [4.69, 9.17) is 11.5 Å². The number of rotatable bonds is 6. The minimum atomic E-state index is -0.631. The van der Waals surface area contributed by atoms with Crippen LogP contribution in [0.5, 0.6) is 0 Å². The summed E-state index contributed by atoms with van der Waals surface area (Å²) in [5.74, 6) is -0.674. The van der Waals surface area contributed by atoms with E-state index >= 15 is 0 Å². The fraction of sp³-hybridized carbons (Fsp3) is 0.800. The van der Waals surface area contributed by atoms with Crippen molar-refractivity contribution in [3.63, 3.8) is 0 Å². The minimum Gasteiger partial charge on any atom is -0.370 e. The van der Waals surface area contributed by atoms with Crippen LogP contribution in [0.25, 0.3) is 0 Å². The number of nitrogens with one attached hydrogen (secondary N) is 1. The van der Waals surface area contributed by atoms with Gasteiger partial charge in [0.2, 0.25) is 11.8 Å². The quantitative estimate of drug-likeness (QED) is 0.576. The zero-order valence-corrected chi connectivity index (χ0v) is 9.67. The van der Waals surface area contributed by atoms with Gasteiger partial charge in [0, 0.05) is 12.0 Å². The monoisotopic (exact) mass is 215 g/mol. The van der Waals surface area contributed by atoms with Crippen LogP contribution < -0.4 is 16.8 Å². The first-order valence-electron chi connectivity index (χ1n) is 5.14. The molecule has 0 aromatic rings. The molecule has 0 aromatic carbocycles. The summed E-state index contributed by atoms with van der Waals surface area (Å²) in [7, 11) is 0. The fourth-order valence-electron chi connectivity index (χ4n) is 1.35. The van der Waals surface area contributed by atoms with Crippen LogP contribution in [0.2, 0.25) is 0 Å². The van der Waals surface area contributed by atoms with Crippen molar-refractivity contribution in [2.24, 2.45) is 11.5 Å². The van der Waals surface area contributed by atoms with Gasteiger partial charge in [-0.25, -0.2) is 0 Å². The van der Waals surface area contributed by atoms with Gasteiger partial charge in [0.1, 0.15) is 0 Å². The Kier molecular flexibility index (Phi) is 5.28. The summed E-state index contributed by atoms with van der Waals surface area (Å²) in [6.45, 7) is 5.45. The summed E-state index contributed by atoms with van der Waals surface area (Å²) in [6.07, 6.45) is 1.60. The predicted octanol–water partition coefficient (Wildman–Crippen LogP) is -0.116. The molecule has 0 bridgehead atoms. The minimum absolute atomic E-state index is 0.109. The highest BCUT2D eigenvalue weighted by molar-refractivity contribution is 5.83. The van der Waals surface area contributed by atoms with Gasteiger partial charge in [0.05, 0.1) is 6.04 Å². The lowest BCUT2D eigenvalue weighted by Crippen LogP contribution is -2.51. The van der Waals surface area contributed by atoms with E-state index in [0.29, 0.717) is 6.42 Å². The number of hydrogen-bond donors (Lipinski definition) is 3. The largest absolute Gasteiger partial charge is 0.370 e. The standard InChI is InChI=1S/C10H21N3O2/c1-4-5-7(11)9(15)13-10(2,3)6-8(12)14/h7H,4-6,11H2,1-3H3,(H2,12,14)(H,13,15). The van der Waals surface area contributed by atoms with Crippen molar-refractivity contribution in [3.8, 4) is 0 Å². The van der Waals surface area contributed by atoms with Crippen LogP contribution in [0.4, 0.5) is 0 Å². The van der Waals surface area contributed by atoms with Crippen LogP contribution in [0.15, 0.2) is 0 Å². The highest BCUT2D eigenvalue weighted by Crippen LogP contribution is 2.08. The predicted molar refractivity (Wildman–Crippen MR) is 58.9 cm³/mol. The molecule has 0 aliphatic heterocycles.